The summed E-state index contributed by atoms with van der Waals surface area (Å²) in [6.45, 7) is 1.72. The molecule has 0 saturated carbocycles. The summed E-state index contributed by atoms with van der Waals surface area (Å²) in [5, 5.41) is 2.39. The van der Waals surface area contributed by atoms with Gasteiger partial charge in [0.05, 0.1) is 5.69 Å². The van der Waals surface area contributed by atoms with Crippen molar-refractivity contribution in [3.05, 3.63) is 28.5 Å². The minimum absolute atomic E-state index is 0.0631. The van der Waals surface area contributed by atoms with Crippen LogP contribution in [0.1, 0.15) is 31.4 Å². The molecular formula is C14H16ClN3OS. The van der Waals surface area contributed by atoms with Gasteiger partial charge in [0.25, 0.3) is 0 Å². The molecule has 1 fully saturated rings. The van der Waals surface area contributed by atoms with Crippen LogP contribution in [0.25, 0.3) is 11.0 Å². The van der Waals surface area contributed by atoms with Crippen molar-refractivity contribution in [3.8, 4) is 0 Å². The highest BCUT2D eigenvalue weighted by Gasteiger charge is 2.14. The molecule has 0 bridgehead atoms. The van der Waals surface area contributed by atoms with E-state index in [1.807, 2.05) is 20.9 Å². The maximum Gasteiger partial charge on any atom is 0.246 e. The maximum atomic E-state index is 12.2. The molecule has 2 aromatic heterocycles. The fourth-order valence-corrected chi connectivity index (χ4v) is 3.48. The Hall–Kier alpha value is -1.33. The minimum atomic E-state index is 0.0631. The maximum absolute atomic E-state index is 12.2. The molecular weight excluding hydrogens is 294 g/mol. The van der Waals surface area contributed by atoms with Crippen molar-refractivity contribution in [2.75, 3.05) is 13.1 Å². The Morgan fingerprint density at radius 2 is 2.05 bits per heavy atom. The molecule has 1 saturated heterocycles. The van der Waals surface area contributed by atoms with E-state index in [9.17, 15) is 4.79 Å². The topological polar surface area (TPSA) is 37.6 Å². The number of amides is 1. The number of likely N-dealkylation sites (tertiary alicyclic amines) is 1. The Morgan fingerprint density at radius 1 is 1.30 bits per heavy atom. The summed E-state index contributed by atoms with van der Waals surface area (Å²) in [5.74, 6) is 0.0631. The Labute approximate surface area is 126 Å². The van der Waals surface area contributed by atoms with Crippen molar-refractivity contribution in [1.82, 2.24) is 14.3 Å². The zero-order valence-electron chi connectivity index (χ0n) is 11.1. The van der Waals surface area contributed by atoms with E-state index < -0.39 is 0 Å². The number of fused-ring (bicyclic) bond motifs is 1. The first-order valence-corrected chi connectivity index (χ1v) is 8.09. The van der Waals surface area contributed by atoms with Gasteiger partial charge in [-0.05, 0) is 18.9 Å². The molecule has 106 valence electrons. The lowest BCUT2D eigenvalue weighted by atomic mass is 10.2. The third-order valence-corrected chi connectivity index (χ3v) is 4.59. The van der Waals surface area contributed by atoms with Gasteiger partial charge in [-0.2, -0.15) is 0 Å². The Bertz CT molecular complexity index is 638. The molecule has 1 aliphatic heterocycles. The Morgan fingerprint density at radius 3 is 2.80 bits per heavy atom. The monoisotopic (exact) mass is 309 g/mol. The normalized spacial score (nSPS) is 16.9. The first-order chi connectivity index (χ1) is 9.75. The Kier molecular flexibility index (Phi) is 4.08. The van der Waals surface area contributed by atoms with Crippen LogP contribution in [0.5, 0.6) is 0 Å². The second-order valence-corrected chi connectivity index (χ2v) is 6.15. The Balaban J connectivity index is 1.77. The van der Waals surface area contributed by atoms with Gasteiger partial charge >= 0.3 is 0 Å². The summed E-state index contributed by atoms with van der Waals surface area (Å²) in [4.78, 5) is 19.2. The number of carbonyl (C=O) groups is 1. The number of halogens is 1. The van der Waals surface area contributed by atoms with Crippen molar-refractivity contribution in [3.63, 3.8) is 0 Å². The van der Waals surface area contributed by atoms with Crippen LogP contribution in [0.3, 0.4) is 0 Å². The largest absolute Gasteiger partial charge is 0.339 e. The van der Waals surface area contributed by atoms with Crippen molar-refractivity contribution < 1.29 is 4.79 Å². The van der Waals surface area contributed by atoms with Crippen LogP contribution in [-0.2, 0) is 4.79 Å². The predicted octanol–water partition coefficient (Wildman–Crippen LogP) is 3.47. The molecule has 2 aromatic rings. The summed E-state index contributed by atoms with van der Waals surface area (Å²) in [6, 6.07) is 0. The lowest BCUT2D eigenvalue weighted by Crippen LogP contribution is -2.30. The number of thiazole rings is 1. The van der Waals surface area contributed by atoms with Gasteiger partial charge in [0.15, 0.2) is 10.1 Å². The van der Waals surface area contributed by atoms with Gasteiger partial charge in [-0.15, -0.1) is 11.3 Å². The van der Waals surface area contributed by atoms with Crippen LogP contribution >= 0.6 is 22.9 Å². The van der Waals surface area contributed by atoms with Crippen LogP contribution in [0, 0.1) is 0 Å². The van der Waals surface area contributed by atoms with E-state index in [2.05, 4.69) is 4.98 Å². The van der Waals surface area contributed by atoms with E-state index in [1.54, 1.807) is 12.2 Å². The van der Waals surface area contributed by atoms with Gasteiger partial charge in [-0.3, -0.25) is 9.20 Å². The molecule has 1 aliphatic rings. The van der Waals surface area contributed by atoms with Gasteiger partial charge in [-0.1, -0.05) is 24.4 Å². The van der Waals surface area contributed by atoms with Crippen LogP contribution < -0.4 is 0 Å². The summed E-state index contributed by atoms with van der Waals surface area (Å²) >= 11 is 7.63. The second kappa shape index (κ2) is 5.97. The molecule has 0 aliphatic carbocycles. The quantitative estimate of drug-likeness (QED) is 0.797. The number of hydrogen-bond acceptors (Lipinski definition) is 3. The number of carbonyl (C=O) groups excluding carboxylic acids is 1. The van der Waals surface area contributed by atoms with E-state index >= 15 is 0 Å². The molecule has 0 spiro atoms. The lowest BCUT2D eigenvalue weighted by Gasteiger charge is -2.17. The van der Waals surface area contributed by atoms with Crippen molar-refractivity contribution >= 4 is 39.9 Å². The summed E-state index contributed by atoms with van der Waals surface area (Å²) in [6.07, 6.45) is 9.92. The van der Waals surface area contributed by atoms with Gasteiger partial charge in [-0.25, -0.2) is 4.98 Å². The van der Waals surface area contributed by atoms with Gasteiger partial charge in [0.2, 0.25) is 5.91 Å². The van der Waals surface area contributed by atoms with Gasteiger partial charge < -0.3 is 4.90 Å². The van der Waals surface area contributed by atoms with Crippen molar-refractivity contribution in [2.24, 2.45) is 0 Å². The fourth-order valence-electron chi connectivity index (χ4n) is 2.47. The van der Waals surface area contributed by atoms with Crippen LogP contribution in [0.15, 0.2) is 17.7 Å². The molecule has 3 heterocycles. The van der Waals surface area contributed by atoms with E-state index in [0.29, 0.717) is 5.15 Å². The standard InChI is InChI=1S/C14H16ClN3OS/c15-13-11(18-9-10-20-14(18)16-13)5-6-12(19)17-7-3-1-2-4-8-17/h5-6,9-10H,1-4,7-8H2/b6-5-. The second-order valence-electron chi connectivity index (χ2n) is 4.92. The SMILES string of the molecule is O=C(/C=C\c1c(Cl)nc2sccn12)N1CCCCCC1. The first kappa shape index (κ1) is 13.6. The number of imidazole rings is 1. The number of rotatable bonds is 2. The molecule has 0 N–H and O–H groups in total. The first-order valence-electron chi connectivity index (χ1n) is 6.84. The zero-order chi connectivity index (χ0) is 13.9. The third-order valence-electron chi connectivity index (χ3n) is 3.56. The summed E-state index contributed by atoms with van der Waals surface area (Å²) < 4.78 is 1.90. The molecule has 6 heteroatoms. The van der Waals surface area contributed by atoms with Crippen molar-refractivity contribution in [1.29, 1.82) is 0 Å². The summed E-state index contributed by atoms with van der Waals surface area (Å²) in [7, 11) is 0. The summed E-state index contributed by atoms with van der Waals surface area (Å²) in [5.41, 5.74) is 0.770. The predicted molar refractivity (Wildman–Crippen MR) is 82.2 cm³/mol. The highest BCUT2D eigenvalue weighted by atomic mass is 35.5. The van der Waals surface area contributed by atoms with E-state index in [-0.39, 0.29) is 5.91 Å². The van der Waals surface area contributed by atoms with E-state index in [0.717, 1.165) is 36.6 Å². The zero-order valence-corrected chi connectivity index (χ0v) is 12.7. The smallest absolute Gasteiger partial charge is 0.246 e. The molecule has 0 atom stereocenters. The van der Waals surface area contributed by atoms with Gasteiger partial charge in [0.1, 0.15) is 0 Å². The highest BCUT2D eigenvalue weighted by Crippen LogP contribution is 2.22. The molecule has 0 aromatic carbocycles. The van der Waals surface area contributed by atoms with Crippen molar-refractivity contribution in [2.45, 2.75) is 25.7 Å². The minimum Gasteiger partial charge on any atom is -0.339 e. The van der Waals surface area contributed by atoms with Crippen LogP contribution in [0.2, 0.25) is 5.15 Å². The van der Waals surface area contributed by atoms with Crippen LogP contribution in [0.4, 0.5) is 0 Å². The molecule has 3 rings (SSSR count). The van der Waals surface area contributed by atoms with Crippen LogP contribution in [-0.4, -0.2) is 33.3 Å². The van der Waals surface area contributed by atoms with E-state index in [1.165, 1.54) is 24.2 Å². The molecule has 20 heavy (non-hydrogen) atoms. The average molecular weight is 310 g/mol. The number of hydrogen-bond donors (Lipinski definition) is 0. The number of aromatic nitrogens is 2. The fraction of sp³-hybridized carbons (Fsp3) is 0.429. The average Bonchev–Trinajstić information content (AvgIpc) is 2.86. The molecule has 1 amide bonds. The van der Waals surface area contributed by atoms with Gasteiger partial charge in [0, 0.05) is 30.7 Å². The molecule has 0 unspecified atom stereocenters. The highest BCUT2D eigenvalue weighted by molar-refractivity contribution is 7.15. The lowest BCUT2D eigenvalue weighted by molar-refractivity contribution is -0.125. The molecule has 4 nitrogen and oxygen atoms in total. The van der Waals surface area contributed by atoms with E-state index in [4.69, 9.17) is 11.6 Å². The number of nitrogens with zero attached hydrogens (tertiary/aromatic N) is 3. The molecule has 0 radical (unpaired) electrons. The third kappa shape index (κ3) is 2.74.